The lowest BCUT2D eigenvalue weighted by Gasteiger charge is -2.34. The summed E-state index contributed by atoms with van der Waals surface area (Å²) in [6.45, 7) is 9.40. The Morgan fingerprint density at radius 2 is 1.85 bits per heavy atom. The van der Waals surface area contributed by atoms with Crippen molar-refractivity contribution in [1.82, 2.24) is 4.98 Å². The molecule has 3 heteroatoms. The molecule has 3 nitrogen and oxygen atoms in total. The maximum absolute atomic E-state index is 10.2. The zero-order valence-corrected chi connectivity index (χ0v) is 8.88. The summed E-state index contributed by atoms with van der Waals surface area (Å²) in [7, 11) is 0. The van der Waals surface area contributed by atoms with E-state index in [1.165, 1.54) is 0 Å². The van der Waals surface area contributed by atoms with E-state index in [2.05, 4.69) is 4.98 Å². The molecule has 1 rings (SSSR count). The molecule has 0 amide bonds. The van der Waals surface area contributed by atoms with E-state index in [1.54, 1.807) is 20.0 Å². The first-order chi connectivity index (χ1) is 5.75. The molecule has 1 aromatic heterocycles. The topological polar surface area (TPSA) is 46.3 Å². The van der Waals surface area contributed by atoms with Gasteiger partial charge in [-0.1, -0.05) is 20.8 Å². The number of aromatic nitrogens is 1. The Balaban J connectivity index is 3.07. The molecule has 0 radical (unpaired) electrons. The SMILES string of the molecule is Cc1ncc([C@](C)(O)C(C)(C)C)o1. The fraction of sp³-hybridized carbons (Fsp3) is 0.700. The van der Waals surface area contributed by atoms with E-state index >= 15 is 0 Å². The smallest absolute Gasteiger partial charge is 0.191 e. The first-order valence-electron chi connectivity index (χ1n) is 4.40. The molecule has 0 aliphatic heterocycles. The normalized spacial score (nSPS) is 17.1. The third-order valence-corrected chi connectivity index (χ3v) is 2.56. The van der Waals surface area contributed by atoms with Crippen LogP contribution in [0.2, 0.25) is 0 Å². The van der Waals surface area contributed by atoms with Gasteiger partial charge in [0.25, 0.3) is 0 Å². The maximum Gasteiger partial charge on any atom is 0.191 e. The van der Waals surface area contributed by atoms with E-state index in [9.17, 15) is 5.11 Å². The Hall–Kier alpha value is -0.830. The quantitative estimate of drug-likeness (QED) is 0.726. The van der Waals surface area contributed by atoms with Gasteiger partial charge in [-0.15, -0.1) is 0 Å². The van der Waals surface area contributed by atoms with Crippen LogP contribution in [0.3, 0.4) is 0 Å². The molecule has 1 aromatic rings. The first kappa shape index (κ1) is 10.3. The van der Waals surface area contributed by atoms with Crippen molar-refractivity contribution < 1.29 is 9.52 Å². The molecule has 0 fully saturated rings. The number of hydrogen-bond acceptors (Lipinski definition) is 3. The Bertz CT molecular complexity index is 294. The van der Waals surface area contributed by atoms with Crippen LogP contribution in [-0.4, -0.2) is 10.1 Å². The first-order valence-corrected chi connectivity index (χ1v) is 4.40. The molecule has 0 spiro atoms. The van der Waals surface area contributed by atoms with Gasteiger partial charge >= 0.3 is 0 Å². The highest BCUT2D eigenvalue weighted by atomic mass is 16.4. The number of oxazole rings is 1. The van der Waals surface area contributed by atoms with E-state index < -0.39 is 5.60 Å². The molecule has 0 bridgehead atoms. The van der Waals surface area contributed by atoms with Crippen molar-refractivity contribution in [1.29, 1.82) is 0 Å². The highest BCUT2D eigenvalue weighted by Crippen LogP contribution is 2.38. The van der Waals surface area contributed by atoms with Gasteiger partial charge in [0, 0.05) is 6.92 Å². The summed E-state index contributed by atoms with van der Waals surface area (Å²) in [5.74, 6) is 1.11. The zero-order valence-electron chi connectivity index (χ0n) is 8.88. The summed E-state index contributed by atoms with van der Waals surface area (Å²) in [4.78, 5) is 3.97. The molecule has 0 aromatic carbocycles. The van der Waals surface area contributed by atoms with Crippen LogP contribution in [0.4, 0.5) is 0 Å². The molecule has 1 N–H and O–H groups in total. The molecule has 1 heterocycles. The van der Waals surface area contributed by atoms with E-state index in [-0.39, 0.29) is 5.41 Å². The van der Waals surface area contributed by atoms with Gasteiger partial charge < -0.3 is 9.52 Å². The van der Waals surface area contributed by atoms with Gasteiger partial charge in [-0.05, 0) is 12.3 Å². The Morgan fingerprint density at radius 1 is 1.31 bits per heavy atom. The summed E-state index contributed by atoms with van der Waals surface area (Å²) in [6.07, 6.45) is 1.58. The molecule has 0 aliphatic rings. The standard InChI is InChI=1S/C10H17NO2/c1-7-11-6-8(13-7)10(5,12)9(2,3)4/h6,12H,1-5H3/t10-/m0/s1. The van der Waals surface area contributed by atoms with E-state index in [0.717, 1.165) is 0 Å². The van der Waals surface area contributed by atoms with E-state index in [0.29, 0.717) is 11.7 Å². The second-order valence-electron chi connectivity index (χ2n) is 4.57. The lowest BCUT2D eigenvalue weighted by atomic mass is 9.76. The molecule has 0 aliphatic carbocycles. The number of aryl methyl sites for hydroxylation is 1. The third-order valence-electron chi connectivity index (χ3n) is 2.56. The van der Waals surface area contributed by atoms with E-state index in [1.807, 2.05) is 20.8 Å². The van der Waals surface area contributed by atoms with Crippen molar-refractivity contribution in [2.75, 3.05) is 0 Å². The third kappa shape index (κ3) is 1.75. The molecule has 0 unspecified atom stereocenters. The molecule has 0 saturated heterocycles. The van der Waals surface area contributed by atoms with Crippen LogP contribution in [0.15, 0.2) is 10.6 Å². The summed E-state index contributed by atoms with van der Waals surface area (Å²) in [5, 5.41) is 10.2. The summed E-state index contributed by atoms with van der Waals surface area (Å²) in [5.41, 5.74) is -1.24. The van der Waals surface area contributed by atoms with Gasteiger partial charge in [-0.3, -0.25) is 0 Å². The predicted octanol–water partition coefficient (Wildman–Crippen LogP) is 2.24. The molecular formula is C10H17NO2. The summed E-state index contributed by atoms with van der Waals surface area (Å²) >= 11 is 0. The van der Waals surface area contributed by atoms with Gasteiger partial charge in [-0.25, -0.2) is 4.98 Å². The number of aliphatic hydroxyl groups is 1. The minimum Gasteiger partial charge on any atom is -0.443 e. The fourth-order valence-corrected chi connectivity index (χ4v) is 0.956. The van der Waals surface area contributed by atoms with Gasteiger partial charge in [-0.2, -0.15) is 0 Å². The Kier molecular flexibility index (Phi) is 2.24. The second kappa shape index (κ2) is 2.84. The van der Waals surface area contributed by atoms with Gasteiger partial charge in [0.15, 0.2) is 11.7 Å². The average molecular weight is 183 g/mol. The predicted molar refractivity (Wildman–Crippen MR) is 50.3 cm³/mol. The largest absolute Gasteiger partial charge is 0.443 e. The van der Waals surface area contributed by atoms with Crippen molar-refractivity contribution in [2.45, 2.75) is 40.2 Å². The molecule has 74 valence electrons. The molecular weight excluding hydrogens is 166 g/mol. The highest BCUT2D eigenvalue weighted by Gasteiger charge is 2.40. The highest BCUT2D eigenvalue weighted by molar-refractivity contribution is 5.08. The lowest BCUT2D eigenvalue weighted by molar-refractivity contribution is -0.0641. The summed E-state index contributed by atoms with van der Waals surface area (Å²) in [6, 6.07) is 0. The number of hydrogen-bond donors (Lipinski definition) is 1. The molecule has 1 atom stereocenters. The van der Waals surface area contributed by atoms with Crippen LogP contribution in [0.25, 0.3) is 0 Å². The van der Waals surface area contributed by atoms with Gasteiger partial charge in [0.1, 0.15) is 5.60 Å². The second-order valence-corrected chi connectivity index (χ2v) is 4.57. The minimum absolute atomic E-state index is 0.265. The average Bonchev–Trinajstić information content (AvgIpc) is 2.33. The van der Waals surface area contributed by atoms with Crippen molar-refractivity contribution in [3.8, 4) is 0 Å². The van der Waals surface area contributed by atoms with Crippen LogP contribution in [0, 0.1) is 12.3 Å². The van der Waals surface area contributed by atoms with Gasteiger partial charge in [0.05, 0.1) is 6.20 Å². The van der Waals surface area contributed by atoms with Crippen molar-refractivity contribution >= 4 is 0 Å². The lowest BCUT2D eigenvalue weighted by Crippen LogP contribution is -2.36. The van der Waals surface area contributed by atoms with Crippen LogP contribution < -0.4 is 0 Å². The van der Waals surface area contributed by atoms with E-state index in [4.69, 9.17) is 4.42 Å². The zero-order chi connectivity index (χ0) is 10.3. The van der Waals surface area contributed by atoms with Crippen molar-refractivity contribution in [3.05, 3.63) is 17.8 Å². The summed E-state index contributed by atoms with van der Waals surface area (Å²) < 4.78 is 5.31. The molecule has 13 heavy (non-hydrogen) atoms. The van der Waals surface area contributed by atoms with Gasteiger partial charge in [0.2, 0.25) is 0 Å². The van der Waals surface area contributed by atoms with Crippen LogP contribution >= 0.6 is 0 Å². The van der Waals surface area contributed by atoms with Crippen molar-refractivity contribution in [2.24, 2.45) is 5.41 Å². The van der Waals surface area contributed by atoms with Crippen LogP contribution in [0.1, 0.15) is 39.3 Å². The monoisotopic (exact) mass is 183 g/mol. The minimum atomic E-state index is -0.978. The van der Waals surface area contributed by atoms with Crippen LogP contribution in [0.5, 0.6) is 0 Å². The Morgan fingerprint density at radius 3 is 2.15 bits per heavy atom. The number of rotatable bonds is 1. The molecule has 0 saturated carbocycles. The Labute approximate surface area is 78.8 Å². The van der Waals surface area contributed by atoms with Crippen LogP contribution in [-0.2, 0) is 5.60 Å². The number of nitrogens with zero attached hydrogens (tertiary/aromatic N) is 1. The maximum atomic E-state index is 10.2. The van der Waals surface area contributed by atoms with Crippen molar-refractivity contribution in [3.63, 3.8) is 0 Å². The fourth-order valence-electron chi connectivity index (χ4n) is 0.956.